The molecule has 0 unspecified atom stereocenters. The normalized spacial score (nSPS) is 20.3. The number of benzene rings is 2. The summed E-state index contributed by atoms with van der Waals surface area (Å²) < 4.78 is 68.4. The SMILES string of the molecule is O=S(=O)(N[C@@H]1CCC[C@@H]1c1ccc(Cl)c(Cl)c1)c1ccc(OC(F)(F)F)cc1. The minimum absolute atomic E-state index is 0.0719. The molecular formula is C18H16Cl2F3NO3S. The molecule has 152 valence electrons. The van der Waals surface area contributed by atoms with Gasteiger partial charge in [-0.1, -0.05) is 35.7 Å². The highest BCUT2D eigenvalue weighted by Gasteiger charge is 2.33. The molecular weight excluding hydrogens is 438 g/mol. The van der Waals surface area contributed by atoms with Gasteiger partial charge in [0.15, 0.2) is 0 Å². The van der Waals surface area contributed by atoms with E-state index in [1.165, 1.54) is 0 Å². The highest BCUT2D eigenvalue weighted by atomic mass is 35.5. The first-order valence-electron chi connectivity index (χ1n) is 8.38. The van der Waals surface area contributed by atoms with Gasteiger partial charge in [-0.15, -0.1) is 13.2 Å². The molecule has 0 amide bonds. The summed E-state index contributed by atoms with van der Waals surface area (Å²) >= 11 is 12.0. The predicted octanol–water partition coefficient (Wildman–Crippen LogP) is 5.51. The van der Waals surface area contributed by atoms with Crippen LogP contribution in [-0.2, 0) is 10.0 Å². The number of hydrogen-bond donors (Lipinski definition) is 1. The van der Waals surface area contributed by atoms with E-state index in [0.717, 1.165) is 42.7 Å². The molecule has 0 heterocycles. The van der Waals surface area contributed by atoms with Gasteiger partial charge in [-0.2, -0.15) is 0 Å². The van der Waals surface area contributed by atoms with Crippen molar-refractivity contribution in [1.29, 1.82) is 0 Å². The molecule has 0 aromatic heterocycles. The van der Waals surface area contributed by atoms with Crippen LogP contribution in [0.5, 0.6) is 5.75 Å². The largest absolute Gasteiger partial charge is 0.573 e. The lowest BCUT2D eigenvalue weighted by molar-refractivity contribution is -0.274. The van der Waals surface area contributed by atoms with Crippen LogP contribution in [0.1, 0.15) is 30.7 Å². The summed E-state index contributed by atoms with van der Waals surface area (Å²) in [6.45, 7) is 0. The van der Waals surface area contributed by atoms with E-state index < -0.39 is 22.1 Å². The van der Waals surface area contributed by atoms with E-state index in [0.29, 0.717) is 16.5 Å². The number of halogens is 5. The Labute approximate surface area is 170 Å². The fourth-order valence-electron chi connectivity index (χ4n) is 3.33. The topological polar surface area (TPSA) is 55.4 Å². The molecule has 0 bridgehead atoms. The standard InChI is InChI=1S/C18H16Cl2F3NO3S/c19-15-9-4-11(10-16(15)20)14-2-1-3-17(14)24-28(25,26)13-7-5-12(6-8-13)27-18(21,22)23/h4-10,14,17,24H,1-3H2/t14-,17-/m1/s1. The Morgan fingerprint density at radius 2 is 1.68 bits per heavy atom. The summed E-state index contributed by atoms with van der Waals surface area (Å²) in [6, 6.07) is 8.94. The summed E-state index contributed by atoms with van der Waals surface area (Å²) in [5, 5.41) is 0.814. The first-order valence-corrected chi connectivity index (χ1v) is 10.6. The van der Waals surface area contributed by atoms with E-state index >= 15 is 0 Å². The minimum Gasteiger partial charge on any atom is -0.406 e. The van der Waals surface area contributed by atoms with Gasteiger partial charge >= 0.3 is 6.36 Å². The van der Waals surface area contributed by atoms with Crippen molar-refractivity contribution in [2.75, 3.05) is 0 Å². The molecule has 2 aromatic carbocycles. The molecule has 0 spiro atoms. The van der Waals surface area contributed by atoms with Crippen molar-refractivity contribution in [3.8, 4) is 5.75 Å². The number of alkyl halides is 3. The van der Waals surface area contributed by atoms with Crippen LogP contribution >= 0.6 is 23.2 Å². The highest BCUT2D eigenvalue weighted by molar-refractivity contribution is 7.89. The first kappa shape index (κ1) is 21.2. The molecule has 3 rings (SSSR count). The Bertz CT molecular complexity index is 950. The maximum Gasteiger partial charge on any atom is 0.573 e. The average molecular weight is 454 g/mol. The fourth-order valence-corrected chi connectivity index (χ4v) is 4.95. The van der Waals surface area contributed by atoms with Crippen molar-refractivity contribution >= 4 is 33.2 Å². The predicted molar refractivity (Wildman–Crippen MR) is 100 cm³/mol. The number of ether oxygens (including phenoxy) is 1. The van der Waals surface area contributed by atoms with Crippen LogP contribution in [0.25, 0.3) is 0 Å². The molecule has 2 aromatic rings. The molecule has 1 fully saturated rings. The lowest BCUT2D eigenvalue weighted by Gasteiger charge is -2.22. The first-order chi connectivity index (χ1) is 13.0. The number of rotatable bonds is 5. The van der Waals surface area contributed by atoms with Gasteiger partial charge in [0.1, 0.15) is 5.75 Å². The van der Waals surface area contributed by atoms with Gasteiger partial charge in [0.05, 0.1) is 14.9 Å². The minimum atomic E-state index is -4.84. The molecule has 0 saturated heterocycles. The Morgan fingerprint density at radius 1 is 1.00 bits per heavy atom. The Kier molecular flexibility index (Phi) is 6.14. The van der Waals surface area contributed by atoms with Crippen LogP contribution in [-0.4, -0.2) is 20.8 Å². The highest BCUT2D eigenvalue weighted by Crippen LogP contribution is 2.37. The maximum absolute atomic E-state index is 12.7. The smallest absolute Gasteiger partial charge is 0.406 e. The Balaban J connectivity index is 1.76. The van der Waals surface area contributed by atoms with Crippen LogP contribution in [0.15, 0.2) is 47.4 Å². The van der Waals surface area contributed by atoms with Crippen molar-refractivity contribution in [2.24, 2.45) is 0 Å². The third-order valence-corrected chi connectivity index (χ3v) is 6.81. The Morgan fingerprint density at radius 3 is 2.29 bits per heavy atom. The molecule has 0 radical (unpaired) electrons. The van der Waals surface area contributed by atoms with Crippen LogP contribution in [0.3, 0.4) is 0 Å². The molecule has 1 saturated carbocycles. The summed E-state index contributed by atoms with van der Waals surface area (Å²) in [4.78, 5) is -0.137. The number of sulfonamides is 1. The van der Waals surface area contributed by atoms with Gasteiger partial charge < -0.3 is 4.74 Å². The summed E-state index contributed by atoms with van der Waals surface area (Å²) in [5.41, 5.74) is 0.883. The second kappa shape index (κ2) is 8.10. The average Bonchev–Trinajstić information content (AvgIpc) is 3.04. The quantitative estimate of drug-likeness (QED) is 0.649. The number of hydrogen-bond acceptors (Lipinski definition) is 3. The van der Waals surface area contributed by atoms with Gasteiger partial charge in [-0.25, -0.2) is 13.1 Å². The van der Waals surface area contributed by atoms with Crippen molar-refractivity contribution in [3.05, 3.63) is 58.1 Å². The summed E-state index contributed by atoms with van der Waals surface area (Å²) in [5.74, 6) is -0.557. The summed E-state index contributed by atoms with van der Waals surface area (Å²) in [6.07, 6.45) is -2.59. The van der Waals surface area contributed by atoms with Gasteiger partial charge in [-0.05, 0) is 54.8 Å². The van der Waals surface area contributed by atoms with Crippen LogP contribution in [0.4, 0.5) is 13.2 Å². The van der Waals surface area contributed by atoms with Crippen molar-refractivity contribution in [2.45, 2.75) is 42.5 Å². The van der Waals surface area contributed by atoms with Gasteiger partial charge in [0.2, 0.25) is 10.0 Å². The van der Waals surface area contributed by atoms with Crippen LogP contribution < -0.4 is 9.46 Å². The maximum atomic E-state index is 12.7. The molecule has 1 aliphatic carbocycles. The molecule has 4 nitrogen and oxygen atoms in total. The van der Waals surface area contributed by atoms with E-state index in [1.54, 1.807) is 12.1 Å². The fraction of sp³-hybridized carbons (Fsp3) is 0.333. The second-order valence-electron chi connectivity index (χ2n) is 6.46. The lowest BCUT2D eigenvalue weighted by Crippen LogP contribution is -2.36. The lowest BCUT2D eigenvalue weighted by atomic mass is 9.95. The number of nitrogens with one attached hydrogen (secondary N) is 1. The molecule has 0 aliphatic heterocycles. The molecule has 28 heavy (non-hydrogen) atoms. The Hall–Kier alpha value is -1.48. The second-order valence-corrected chi connectivity index (χ2v) is 8.99. The monoisotopic (exact) mass is 453 g/mol. The third-order valence-electron chi connectivity index (χ3n) is 4.56. The van der Waals surface area contributed by atoms with Gasteiger partial charge in [0, 0.05) is 12.0 Å². The zero-order valence-electron chi connectivity index (χ0n) is 14.3. The van der Waals surface area contributed by atoms with Crippen molar-refractivity contribution < 1.29 is 26.3 Å². The zero-order valence-corrected chi connectivity index (χ0v) is 16.7. The zero-order chi connectivity index (χ0) is 20.5. The molecule has 1 N–H and O–H groups in total. The van der Waals surface area contributed by atoms with Crippen molar-refractivity contribution in [3.63, 3.8) is 0 Å². The van der Waals surface area contributed by atoms with E-state index in [2.05, 4.69) is 9.46 Å². The van der Waals surface area contributed by atoms with E-state index in [-0.39, 0.29) is 16.9 Å². The molecule has 2 atom stereocenters. The van der Waals surface area contributed by atoms with Gasteiger partial charge in [0.25, 0.3) is 0 Å². The third kappa shape index (κ3) is 5.11. The van der Waals surface area contributed by atoms with Gasteiger partial charge in [-0.3, -0.25) is 0 Å². The van der Waals surface area contributed by atoms with Crippen LogP contribution in [0.2, 0.25) is 10.0 Å². The van der Waals surface area contributed by atoms with E-state index in [4.69, 9.17) is 23.2 Å². The van der Waals surface area contributed by atoms with Crippen molar-refractivity contribution in [1.82, 2.24) is 4.72 Å². The van der Waals surface area contributed by atoms with Crippen LogP contribution in [0, 0.1) is 0 Å². The molecule has 10 heteroatoms. The molecule has 1 aliphatic rings. The summed E-state index contributed by atoms with van der Waals surface area (Å²) in [7, 11) is -3.91. The van der Waals surface area contributed by atoms with E-state index in [1.807, 2.05) is 6.07 Å². The van der Waals surface area contributed by atoms with E-state index in [9.17, 15) is 21.6 Å².